The fraction of sp³-hybridized carbons (Fsp3) is 0.0625. The van der Waals surface area contributed by atoms with Gasteiger partial charge in [-0.2, -0.15) is 14.9 Å². The van der Waals surface area contributed by atoms with E-state index in [0.717, 1.165) is 11.1 Å². The molecular weight excluding hydrogens is 351 g/mol. The van der Waals surface area contributed by atoms with E-state index in [-0.39, 0.29) is 0 Å². The molecule has 0 unspecified atom stereocenters. The summed E-state index contributed by atoms with van der Waals surface area (Å²) in [6, 6.07) is 13.1. The Morgan fingerprint density at radius 1 is 1.22 bits per heavy atom. The van der Waals surface area contributed by atoms with E-state index in [1.165, 1.54) is 4.68 Å². The van der Waals surface area contributed by atoms with Crippen LogP contribution in [0, 0.1) is 11.7 Å². The van der Waals surface area contributed by atoms with Gasteiger partial charge in [-0.3, -0.25) is 0 Å². The number of halogens is 2. The van der Waals surface area contributed by atoms with E-state index < -0.39 is 0 Å². The van der Waals surface area contributed by atoms with E-state index in [1.807, 2.05) is 31.2 Å². The first-order valence-corrected chi connectivity index (χ1v) is 7.95. The Bertz CT molecular complexity index is 943. The van der Waals surface area contributed by atoms with Crippen molar-refractivity contribution in [2.24, 2.45) is 5.10 Å². The van der Waals surface area contributed by atoms with Gasteiger partial charge in [0.05, 0.1) is 11.2 Å². The maximum atomic E-state index is 6.25. The van der Waals surface area contributed by atoms with Gasteiger partial charge in [-0.25, -0.2) is 5.10 Å². The number of hydrogen-bond donors (Lipinski definition) is 1. The number of hydrogen-bond acceptors (Lipinski definition) is 3. The third-order valence-corrected chi connectivity index (χ3v) is 4.14. The van der Waals surface area contributed by atoms with E-state index in [1.54, 1.807) is 24.4 Å². The van der Waals surface area contributed by atoms with Gasteiger partial charge in [-0.15, -0.1) is 0 Å². The summed E-state index contributed by atoms with van der Waals surface area (Å²) < 4.78 is 1.92. The summed E-state index contributed by atoms with van der Waals surface area (Å²) >= 11 is 17.4. The first-order chi connectivity index (χ1) is 11.1. The summed E-state index contributed by atoms with van der Waals surface area (Å²) in [7, 11) is 0. The molecule has 0 aliphatic heterocycles. The molecule has 0 bridgehead atoms. The average molecular weight is 363 g/mol. The molecule has 1 aromatic heterocycles. The highest BCUT2D eigenvalue weighted by Crippen LogP contribution is 2.29. The predicted octanol–water partition coefficient (Wildman–Crippen LogP) is 5.11. The van der Waals surface area contributed by atoms with Crippen molar-refractivity contribution in [1.82, 2.24) is 14.9 Å². The van der Waals surface area contributed by atoms with Crippen LogP contribution < -0.4 is 0 Å². The molecule has 1 N–H and O–H groups in total. The molecule has 2 aromatic carbocycles. The lowest BCUT2D eigenvalue weighted by Crippen LogP contribution is -1.96. The van der Waals surface area contributed by atoms with E-state index in [2.05, 4.69) is 15.3 Å². The van der Waals surface area contributed by atoms with E-state index >= 15 is 0 Å². The molecule has 0 spiro atoms. The van der Waals surface area contributed by atoms with Gasteiger partial charge in [-0.05, 0) is 48.5 Å². The number of benzene rings is 2. The largest absolute Gasteiger partial charge is 0.250 e. The Kier molecular flexibility index (Phi) is 4.61. The van der Waals surface area contributed by atoms with Crippen molar-refractivity contribution in [3.05, 3.63) is 68.4 Å². The minimum Gasteiger partial charge on any atom is -0.250 e. The Labute approximate surface area is 148 Å². The molecule has 0 aliphatic carbocycles. The smallest absolute Gasteiger partial charge is 0.216 e. The normalized spacial score (nSPS) is 11.3. The van der Waals surface area contributed by atoms with Gasteiger partial charge in [0.15, 0.2) is 5.82 Å². The Balaban J connectivity index is 2.06. The number of aromatic amines is 1. The van der Waals surface area contributed by atoms with Crippen LogP contribution in [0.2, 0.25) is 10.0 Å². The molecule has 23 heavy (non-hydrogen) atoms. The fourth-order valence-corrected chi connectivity index (χ4v) is 2.77. The van der Waals surface area contributed by atoms with Crippen LogP contribution in [0.25, 0.3) is 11.4 Å². The molecule has 0 radical (unpaired) electrons. The SMILES string of the molecule is Cc1ccccc1/C=N/n1c(-c2ccc(Cl)cc2Cl)n[nH]c1=S. The van der Waals surface area contributed by atoms with E-state index in [0.29, 0.717) is 26.2 Å². The molecule has 4 nitrogen and oxygen atoms in total. The zero-order valence-electron chi connectivity index (χ0n) is 12.1. The van der Waals surface area contributed by atoms with Crippen LogP contribution in [0.5, 0.6) is 0 Å². The Morgan fingerprint density at radius 2 is 2.00 bits per heavy atom. The van der Waals surface area contributed by atoms with Crippen LogP contribution in [-0.2, 0) is 0 Å². The van der Waals surface area contributed by atoms with E-state index in [4.69, 9.17) is 35.4 Å². The molecule has 3 rings (SSSR count). The number of nitrogens with zero attached hydrogens (tertiary/aromatic N) is 3. The minimum atomic E-state index is 0.385. The zero-order chi connectivity index (χ0) is 16.4. The van der Waals surface area contributed by atoms with Crippen molar-refractivity contribution in [3.8, 4) is 11.4 Å². The first-order valence-electron chi connectivity index (χ1n) is 6.79. The number of H-pyrrole nitrogens is 1. The van der Waals surface area contributed by atoms with E-state index in [9.17, 15) is 0 Å². The summed E-state index contributed by atoms with van der Waals surface area (Å²) in [6.45, 7) is 2.02. The van der Waals surface area contributed by atoms with Crippen LogP contribution in [0.15, 0.2) is 47.6 Å². The third kappa shape index (κ3) is 3.37. The minimum absolute atomic E-state index is 0.385. The van der Waals surface area contributed by atoms with Crippen molar-refractivity contribution in [2.45, 2.75) is 6.92 Å². The van der Waals surface area contributed by atoms with Gasteiger partial charge in [0.1, 0.15) is 0 Å². The molecule has 3 aromatic rings. The number of aromatic nitrogens is 3. The van der Waals surface area contributed by atoms with Crippen LogP contribution in [0.1, 0.15) is 11.1 Å². The predicted molar refractivity (Wildman–Crippen MR) is 97.0 cm³/mol. The first kappa shape index (κ1) is 15.9. The number of aryl methyl sites for hydroxylation is 1. The third-order valence-electron chi connectivity index (χ3n) is 3.32. The molecule has 7 heteroatoms. The van der Waals surface area contributed by atoms with Gasteiger partial charge in [0.25, 0.3) is 0 Å². The second-order valence-electron chi connectivity index (χ2n) is 4.89. The summed E-state index contributed by atoms with van der Waals surface area (Å²) in [4.78, 5) is 0. The summed E-state index contributed by atoms with van der Waals surface area (Å²) in [5.74, 6) is 0.529. The maximum Gasteiger partial charge on any atom is 0.216 e. The van der Waals surface area contributed by atoms with Gasteiger partial charge in [0, 0.05) is 10.6 Å². The van der Waals surface area contributed by atoms with Gasteiger partial charge in [0.2, 0.25) is 4.77 Å². The van der Waals surface area contributed by atoms with Crippen molar-refractivity contribution in [3.63, 3.8) is 0 Å². The second kappa shape index (κ2) is 6.66. The van der Waals surface area contributed by atoms with Crippen molar-refractivity contribution in [2.75, 3.05) is 0 Å². The zero-order valence-corrected chi connectivity index (χ0v) is 14.5. The maximum absolute atomic E-state index is 6.25. The van der Waals surface area contributed by atoms with Gasteiger partial charge < -0.3 is 0 Å². The van der Waals surface area contributed by atoms with Crippen LogP contribution in [0.4, 0.5) is 0 Å². The monoisotopic (exact) mass is 362 g/mol. The number of rotatable bonds is 3. The summed E-state index contributed by atoms with van der Waals surface area (Å²) in [5, 5.41) is 12.4. The molecular formula is C16H12Cl2N4S. The highest BCUT2D eigenvalue weighted by Gasteiger charge is 2.12. The van der Waals surface area contributed by atoms with Crippen molar-refractivity contribution >= 4 is 41.6 Å². The van der Waals surface area contributed by atoms with Gasteiger partial charge >= 0.3 is 0 Å². The lowest BCUT2D eigenvalue weighted by Gasteiger charge is -2.04. The summed E-state index contributed by atoms with van der Waals surface area (Å²) in [5.41, 5.74) is 2.83. The van der Waals surface area contributed by atoms with Crippen LogP contribution in [-0.4, -0.2) is 21.1 Å². The molecule has 0 amide bonds. The van der Waals surface area contributed by atoms with Crippen molar-refractivity contribution in [1.29, 1.82) is 0 Å². The quantitative estimate of drug-likeness (QED) is 0.520. The van der Waals surface area contributed by atoms with Crippen LogP contribution in [0.3, 0.4) is 0 Å². The van der Waals surface area contributed by atoms with Crippen molar-refractivity contribution < 1.29 is 0 Å². The Morgan fingerprint density at radius 3 is 2.74 bits per heavy atom. The standard InChI is InChI=1S/C16H12Cl2N4S/c1-10-4-2-3-5-11(10)9-19-22-15(20-21-16(22)23)13-7-6-12(17)8-14(13)18/h2-9H,1H3,(H,21,23)/b19-9+. The average Bonchev–Trinajstić information content (AvgIpc) is 2.87. The lowest BCUT2D eigenvalue weighted by molar-refractivity contribution is 0.871. The molecule has 0 fully saturated rings. The molecule has 0 atom stereocenters. The second-order valence-corrected chi connectivity index (χ2v) is 6.12. The molecule has 0 aliphatic rings. The Hall–Kier alpha value is -1.95. The lowest BCUT2D eigenvalue weighted by atomic mass is 10.1. The van der Waals surface area contributed by atoms with Gasteiger partial charge in [-0.1, -0.05) is 47.5 Å². The van der Waals surface area contributed by atoms with Crippen LogP contribution >= 0.6 is 35.4 Å². The molecule has 116 valence electrons. The molecule has 0 saturated heterocycles. The number of nitrogens with one attached hydrogen (secondary N) is 1. The molecule has 1 heterocycles. The fourth-order valence-electron chi connectivity index (χ4n) is 2.10. The highest BCUT2D eigenvalue weighted by atomic mass is 35.5. The molecule has 0 saturated carbocycles. The summed E-state index contributed by atoms with van der Waals surface area (Å²) in [6.07, 6.45) is 1.74. The highest BCUT2D eigenvalue weighted by molar-refractivity contribution is 7.71. The topological polar surface area (TPSA) is 46.0 Å².